The number of hydrogen-bond acceptors (Lipinski definition) is 18. The van der Waals surface area contributed by atoms with E-state index in [-0.39, 0.29) is 56.8 Å². The van der Waals surface area contributed by atoms with Crippen LogP contribution in [0.3, 0.4) is 0 Å². The Hall–Kier alpha value is -5.09. The first-order valence-electron chi connectivity index (χ1n) is 27.3. The molecule has 17 N–H and O–H groups in total. The Balaban J connectivity index is 1.78. The number of hydrogen-bond donors (Lipinski definition) is 15. The molecule has 3 aliphatic heterocycles. The summed E-state index contributed by atoms with van der Waals surface area (Å²) >= 11 is 0. The van der Waals surface area contributed by atoms with Crippen molar-refractivity contribution in [3.05, 3.63) is 29.8 Å². The topological polar surface area (TPSA) is 403 Å². The minimum absolute atomic E-state index is 0.0588. The van der Waals surface area contributed by atoms with Gasteiger partial charge in [0.05, 0.1) is 24.4 Å². The monoisotopic (exact) mass is 1090 g/mol. The molecule has 16 atom stereocenters. The lowest BCUT2D eigenvalue weighted by atomic mass is 9.91. The molecule has 1 aromatic rings. The van der Waals surface area contributed by atoms with Crippen molar-refractivity contribution in [1.82, 2.24) is 41.3 Å². The van der Waals surface area contributed by atoms with E-state index >= 15 is 0 Å². The van der Waals surface area contributed by atoms with E-state index < -0.39 is 140 Å². The van der Waals surface area contributed by atoms with E-state index in [0.29, 0.717) is 24.7 Å². The van der Waals surface area contributed by atoms with Gasteiger partial charge in [0.2, 0.25) is 41.4 Å². The summed E-state index contributed by atoms with van der Waals surface area (Å²) in [7, 11) is 0. The van der Waals surface area contributed by atoms with Crippen LogP contribution >= 0.6 is 0 Å². The van der Waals surface area contributed by atoms with E-state index in [9.17, 15) is 74.4 Å². The van der Waals surface area contributed by atoms with E-state index in [2.05, 4.69) is 47.4 Å². The molecule has 1 unspecified atom stereocenters. The zero-order valence-corrected chi connectivity index (χ0v) is 45.2. The summed E-state index contributed by atoms with van der Waals surface area (Å²) in [6.07, 6.45) is -7.48. The van der Waals surface area contributed by atoms with Gasteiger partial charge in [0.25, 0.3) is 0 Å². The third-order valence-corrected chi connectivity index (χ3v) is 15.0. The van der Waals surface area contributed by atoms with E-state index in [0.717, 1.165) is 60.1 Å². The number of aliphatic hydroxyl groups excluding tert-OH is 7. The Bertz CT molecular complexity index is 2090. The van der Waals surface area contributed by atoms with Gasteiger partial charge in [-0.1, -0.05) is 77.8 Å². The summed E-state index contributed by atoms with van der Waals surface area (Å²) in [5.41, 5.74) is 11.5. The SMILES string of the molecule is CC[C@H](C)C[C@H](C)CCCCCCCCC(=O)N1[C@@H](C)C(=O)N[C@@H]([C@@H](C)O)C(=O)N2C[C@H](O)C[C@H]2C(=O)N[C@@H]([C@H](O)[C@@H](O)c2ccc(O)cc2)C(=O)N[C@@H]([C@H](O)CCN)C(=O)N2CC[C@H](O)[C@H]2C(=O)NC(NCCN)[C@@H]1O. The number of nitrogens with two attached hydrogens (primary N) is 2. The lowest BCUT2D eigenvalue weighted by Gasteiger charge is -2.39. The molecule has 3 aliphatic rings. The molecule has 0 bridgehead atoms. The fourth-order valence-electron chi connectivity index (χ4n) is 10.3. The van der Waals surface area contributed by atoms with Gasteiger partial charge >= 0.3 is 0 Å². The van der Waals surface area contributed by atoms with Crippen LogP contribution in [0.15, 0.2) is 24.3 Å². The summed E-state index contributed by atoms with van der Waals surface area (Å²) in [5, 5.41) is 102. The van der Waals surface area contributed by atoms with E-state index in [1.165, 1.54) is 37.6 Å². The first-order valence-corrected chi connectivity index (χ1v) is 27.3. The van der Waals surface area contributed by atoms with Crippen molar-refractivity contribution in [1.29, 1.82) is 0 Å². The molecule has 1 aromatic carbocycles. The van der Waals surface area contributed by atoms with Gasteiger partial charge in [0.1, 0.15) is 60.4 Å². The van der Waals surface area contributed by atoms with Crippen LogP contribution in [0.1, 0.15) is 130 Å². The van der Waals surface area contributed by atoms with Gasteiger partial charge in [-0.15, -0.1) is 0 Å². The number of nitrogens with zero attached hydrogens (tertiary/aromatic N) is 3. The highest BCUT2D eigenvalue weighted by Crippen LogP contribution is 2.27. The summed E-state index contributed by atoms with van der Waals surface area (Å²) < 4.78 is 0. The molecule has 436 valence electrons. The average molecular weight is 1090 g/mol. The van der Waals surface area contributed by atoms with Crippen molar-refractivity contribution in [2.45, 2.75) is 203 Å². The number of carbonyl (C=O) groups excluding carboxylic acids is 7. The standard InChI is InChI=1S/C52H88N10O15/c1-6-28(2)25-29(3)13-11-9-7-8-10-12-14-38(68)62-30(4)46(71)56-39(31(5)63)50(75)61-27-34(65)26-35(61)47(72)58-41(44(70)43(69)32-15-17-33(64)18-16-32)48(73)57-40(36(66)19-21-53)51(76)60-24-20-37(67)42(60)49(74)59-45(52(62)77)55-23-22-54/h15-18,28-31,34-37,39-45,52,55,63-67,69-70,77H,6-14,19-27,53-54H2,1-5H3,(H,56,71)(H,57,73)(H,58,72)(H,59,74)/t28-,29+,30-,31+,34+,35-,36+,37-,39-,40-,41-,42-,43-,44-,45?,52-/m0/s1. The molecule has 25 heteroatoms. The third kappa shape index (κ3) is 17.7. The van der Waals surface area contributed by atoms with Crippen LogP contribution in [-0.2, 0) is 33.6 Å². The number of rotatable bonds is 22. The van der Waals surface area contributed by atoms with Crippen molar-refractivity contribution >= 4 is 41.4 Å². The van der Waals surface area contributed by atoms with Crippen LogP contribution in [0.5, 0.6) is 5.75 Å². The summed E-state index contributed by atoms with van der Waals surface area (Å²) in [6.45, 7) is 7.82. The highest BCUT2D eigenvalue weighted by Gasteiger charge is 2.49. The highest BCUT2D eigenvalue weighted by atomic mass is 16.3. The van der Waals surface area contributed by atoms with E-state index in [4.69, 9.17) is 11.5 Å². The summed E-state index contributed by atoms with van der Waals surface area (Å²) in [4.78, 5) is 104. The maximum absolute atomic E-state index is 14.7. The number of carbonyl (C=O) groups is 7. The Morgan fingerprint density at radius 2 is 1.35 bits per heavy atom. The second kappa shape index (κ2) is 30.9. The van der Waals surface area contributed by atoms with Crippen LogP contribution < -0.4 is 38.1 Å². The molecular formula is C52H88N10O15. The van der Waals surface area contributed by atoms with Crippen LogP contribution in [0, 0.1) is 11.8 Å². The average Bonchev–Trinajstić information content (AvgIpc) is 3.99. The lowest BCUT2D eigenvalue weighted by molar-refractivity contribution is -0.158. The quantitative estimate of drug-likeness (QED) is 0.0514. The first kappa shape index (κ1) is 64.4. The summed E-state index contributed by atoms with van der Waals surface area (Å²) in [6, 6.07) is -6.46. The number of aliphatic hydroxyl groups is 7. The first-order chi connectivity index (χ1) is 36.5. The van der Waals surface area contributed by atoms with Crippen molar-refractivity contribution in [2.75, 3.05) is 32.7 Å². The van der Waals surface area contributed by atoms with Gasteiger partial charge in [-0.2, -0.15) is 0 Å². The minimum atomic E-state index is -2.28. The fraction of sp³-hybridized carbons (Fsp3) is 0.750. The minimum Gasteiger partial charge on any atom is -0.508 e. The maximum Gasteiger partial charge on any atom is 0.248 e. The Kier molecular flexibility index (Phi) is 25.9. The number of phenols is 1. The van der Waals surface area contributed by atoms with Gasteiger partial charge in [0.15, 0.2) is 6.23 Å². The molecule has 77 heavy (non-hydrogen) atoms. The molecular weight excluding hydrogens is 1000 g/mol. The predicted octanol–water partition coefficient (Wildman–Crippen LogP) is -3.01. The normalized spacial score (nSPS) is 28.7. The zero-order valence-electron chi connectivity index (χ0n) is 45.2. The van der Waals surface area contributed by atoms with Gasteiger partial charge in [-0.05, 0) is 75.6 Å². The van der Waals surface area contributed by atoms with Gasteiger partial charge in [-0.25, -0.2) is 0 Å². The molecule has 0 saturated carbocycles. The largest absolute Gasteiger partial charge is 0.508 e. The van der Waals surface area contributed by atoms with E-state index in [1.54, 1.807) is 0 Å². The molecule has 0 aliphatic carbocycles. The van der Waals surface area contributed by atoms with Crippen molar-refractivity contribution in [2.24, 2.45) is 23.3 Å². The molecule has 7 amide bonds. The predicted molar refractivity (Wildman–Crippen MR) is 280 cm³/mol. The second-order valence-electron chi connectivity index (χ2n) is 21.2. The van der Waals surface area contributed by atoms with Crippen molar-refractivity contribution < 1.29 is 74.4 Å². The Labute approximate surface area is 450 Å². The lowest BCUT2D eigenvalue weighted by Crippen LogP contribution is -2.67. The molecule has 0 spiro atoms. The van der Waals surface area contributed by atoms with Crippen LogP contribution in [0.25, 0.3) is 0 Å². The number of amides is 7. The highest BCUT2D eigenvalue weighted by molar-refractivity contribution is 5.98. The van der Waals surface area contributed by atoms with Gasteiger partial charge in [0, 0.05) is 39.0 Å². The maximum atomic E-state index is 14.7. The number of phenolic OH excluding ortho intramolecular Hbond substituents is 1. The van der Waals surface area contributed by atoms with Gasteiger partial charge in [-0.3, -0.25) is 38.9 Å². The Morgan fingerprint density at radius 3 is 1.97 bits per heavy atom. The van der Waals surface area contributed by atoms with Crippen LogP contribution in [0.2, 0.25) is 0 Å². The second-order valence-corrected chi connectivity index (χ2v) is 21.2. The molecule has 4 rings (SSSR count). The number of fused-ring (bicyclic) bond motifs is 2. The smallest absolute Gasteiger partial charge is 0.248 e. The summed E-state index contributed by atoms with van der Waals surface area (Å²) in [5.74, 6) is -6.70. The number of aromatic hydroxyl groups is 1. The number of unbranched alkanes of at least 4 members (excludes halogenated alkanes) is 5. The fourth-order valence-corrected chi connectivity index (χ4v) is 10.3. The van der Waals surface area contributed by atoms with Crippen LogP contribution in [-0.4, -0.2) is 209 Å². The molecule has 25 nitrogen and oxygen atoms in total. The zero-order chi connectivity index (χ0) is 57.3. The third-order valence-electron chi connectivity index (χ3n) is 15.0. The van der Waals surface area contributed by atoms with Gasteiger partial charge < -0.3 is 88.3 Å². The molecule has 3 heterocycles. The van der Waals surface area contributed by atoms with Crippen molar-refractivity contribution in [3.63, 3.8) is 0 Å². The molecule has 3 saturated heterocycles. The molecule has 0 radical (unpaired) electrons. The van der Waals surface area contributed by atoms with E-state index in [1.807, 2.05) is 0 Å². The Morgan fingerprint density at radius 1 is 0.740 bits per heavy atom. The van der Waals surface area contributed by atoms with Crippen LogP contribution in [0.4, 0.5) is 0 Å². The number of nitrogens with one attached hydrogen (secondary N) is 5. The molecule has 0 aromatic heterocycles. The number of benzene rings is 1. The molecule has 3 fully saturated rings. The van der Waals surface area contributed by atoms with Crippen molar-refractivity contribution in [3.8, 4) is 5.75 Å².